The van der Waals surface area contributed by atoms with E-state index >= 15 is 0 Å². The minimum absolute atomic E-state index is 0.0804. The molecule has 0 radical (unpaired) electrons. The standard InChI is InChI=1S/C33H36N4O6/c1-7-20-16(3)24(14-27-21(8-2)18(5)32(42)36-27)34-26(20)13-25-17(4)22(9-11-30(38)39)28(35-25)15-29-23(10-12-31(40)41)19(6)33(43)37-29/h7-8,14-15,34-35H,1-2,9-13H2,3-6H3,(H,36,42)(H,37,43)(H,38,39)(H,40,41)/b27-14-,29-15+. The molecule has 0 bridgehead atoms. The third-order valence-electron chi connectivity index (χ3n) is 8.10. The van der Waals surface area contributed by atoms with Crippen molar-refractivity contribution in [2.75, 3.05) is 0 Å². The maximum atomic E-state index is 12.5. The van der Waals surface area contributed by atoms with Gasteiger partial charge in [0.15, 0.2) is 0 Å². The first-order chi connectivity index (χ1) is 20.4. The second-order valence-electron chi connectivity index (χ2n) is 10.7. The number of hydrogen-bond donors (Lipinski definition) is 6. The molecule has 4 heterocycles. The van der Waals surface area contributed by atoms with Gasteiger partial charge in [-0.05, 0) is 80.5 Å². The summed E-state index contributed by atoms with van der Waals surface area (Å²) < 4.78 is 0. The summed E-state index contributed by atoms with van der Waals surface area (Å²) in [5.41, 5.74) is 10.3. The van der Waals surface area contributed by atoms with Gasteiger partial charge in [-0.1, -0.05) is 25.3 Å². The van der Waals surface area contributed by atoms with Crippen LogP contribution in [0.25, 0.3) is 18.2 Å². The van der Waals surface area contributed by atoms with Gasteiger partial charge in [0.1, 0.15) is 0 Å². The molecule has 0 spiro atoms. The van der Waals surface area contributed by atoms with Crippen LogP contribution in [-0.4, -0.2) is 43.9 Å². The predicted molar refractivity (Wildman–Crippen MR) is 165 cm³/mol. The molecule has 0 unspecified atom stereocenters. The third-order valence-corrected chi connectivity index (χ3v) is 8.10. The molecule has 0 atom stereocenters. The summed E-state index contributed by atoms with van der Waals surface area (Å²) in [6.45, 7) is 15.1. The fourth-order valence-electron chi connectivity index (χ4n) is 5.58. The van der Waals surface area contributed by atoms with Crippen LogP contribution in [0.5, 0.6) is 0 Å². The van der Waals surface area contributed by atoms with Crippen molar-refractivity contribution in [3.8, 4) is 0 Å². The van der Waals surface area contributed by atoms with E-state index in [0.717, 1.165) is 44.9 Å². The second kappa shape index (κ2) is 12.4. The van der Waals surface area contributed by atoms with E-state index < -0.39 is 11.9 Å². The molecule has 2 aromatic heterocycles. The van der Waals surface area contributed by atoms with E-state index in [9.17, 15) is 29.4 Å². The van der Waals surface area contributed by atoms with E-state index in [1.165, 1.54) is 0 Å². The number of carboxylic acid groups (broad SMARTS) is 2. The van der Waals surface area contributed by atoms with Crippen molar-refractivity contribution >= 4 is 42.0 Å². The van der Waals surface area contributed by atoms with Crippen molar-refractivity contribution < 1.29 is 29.4 Å². The molecule has 0 saturated heterocycles. The van der Waals surface area contributed by atoms with Gasteiger partial charge in [-0.25, -0.2) is 0 Å². The Labute approximate surface area is 249 Å². The monoisotopic (exact) mass is 584 g/mol. The Morgan fingerprint density at radius 3 is 1.95 bits per heavy atom. The first-order valence-corrected chi connectivity index (χ1v) is 13.9. The summed E-state index contributed by atoms with van der Waals surface area (Å²) >= 11 is 0. The molecule has 0 fully saturated rings. The van der Waals surface area contributed by atoms with E-state index in [0.29, 0.717) is 40.2 Å². The SMILES string of the molecule is C=CC1=C(C)C(=O)N/C1=C\c1[nH]c(Cc2[nH]c(/C=C3/NC(=O)C(C)=C3CCC(=O)O)c(CCC(=O)O)c2C)c(C=C)c1C. The lowest BCUT2D eigenvalue weighted by molar-refractivity contribution is -0.138. The Morgan fingerprint density at radius 1 is 0.744 bits per heavy atom. The van der Waals surface area contributed by atoms with Crippen LogP contribution in [0.4, 0.5) is 0 Å². The van der Waals surface area contributed by atoms with Crippen molar-refractivity contribution in [1.29, 1.82) is 0 Å². The molecule has 2 aliphatic heterocycles. The van der Waals surface area contributed by atoms with Crippen molar-refractivity contribution in [2.24, 2.45) is 0 Å². The number of hydrogen-bond acceptors (Lipinski definition) is 4. The van der Waals surface area contributed by atoms with Crippen LogP contribution in [0.15, 0.2) is 52.9 Å². The van der Waals surface area contributed by atoms with Crippen LogP contribution in [0.3, 0.4) is 0 Å². The van der Waals surface area contributed by atoms with Crippen LogP contribution in [-0.2, 0) is 32.0 Å². The summed E-state index contributed by atoms with van der Waals surface area (Å²) in [5.74, 6) is -2.34. The molecular weight excluding hydrogens is 548 g/mol. The quantitative estimate of drug-likeness (QED) is 0.209. The largest absolute Gasteiger partial charge is 0.481 e. The van der Waals surface area contributed by atoms with Crippen molar-refractivity contribution in [2.45, 2.75) is 59.8 Å². The number of allylic oxidation sites excluding steroid dienone is 2. The van der Waals surface area contributed by atoms with Crippen LogP contribution in [0, 0.1) is 13.8 Å². The van der Waals surface area contributed by atoms with Gasteiger partial charge in [0.05, 0.1) is 5.70 Å². The number of aromatic nitrogens is 2. The number of amides is 2. The first-order valence-electron chi connectivity index (χ1n) is 13.9. The number of nitrogens with one attached hydrogen (secondary N) is 4. The summed E-state index contributed by atoms with van der Waals surface area (Å²) in [6, 6.07) is 0. The molecule has 4 rings (SSSR count). The van der Waals surface area contributed by atoms with Crippen LogP contribution >= 0.6 is 0 Å². The first kappa shape index (κ1) is 30.8. The molecule has 10 nitrogen and oxygen atoms in total. The number of H-pyrrole nitrogens is 2. The topological polar surface area (TPSA) is 164 Å². The van der Waals surface area contributed by atoms with Gasteiger partial charge < -0.3 is 30.8 Å². The lowest BCUT2D eigenvalue weighted by atomic mass is 9.99. The fraction of sp³-hybridized carbons (Fsp3) is 0.273. The molecule has 2 aromatic rings. The van der Waals surface area contributed by atoms with E-state index in [2.05, 4.69) is 33.8 Å². The molecule has 0 aliphatic carbocycles. The molecule has 2 amide bonds. The zero-order valence-electron chi connectivity index (χ0n) is 24.8. The highest BCUT2D eigenvalue weighted by Crippen LogP contribution is 2.32. The lowest BCUT2D eigenvalue weighted by Crippen LogP contribution is -2.15. The molecule has 0 saturated carbocycles. The van der Waals surface area contributed by atoms with Crippen molar-refractivity contribution in [3.05, 3.63) is 97.9 Å². The van der Waals surface area contributed by atoms with Gasteiger partial charge in [-0.3, -0.25) is 19.2 Å². The second-order valence-corrected chi connectivity index (χ2v) is 10.7. The Bertz CT molecular complexity index is 1710. The van der Waals surface area contributed by atoms with E-state index in [1.807, 2.05) is 19.9 Å². The highest BCUT2D eigenvalue weighted by atomic mass is 16.4. The number of carbonyl (C=O) groups is 4. The fourth-order valence-corrected chi connectivity index (χ4v) is 5.58. The number of carbonyl (C=O) groups excluding carboxylic acids is 2. The Kier molecular flexibility index (Phi) is 8.89. The molecule has 2 aliphatic rings. The van der Waals surface area contributed by atoms with Gasteiger partial charge >= 0.3 is 11.9 Å². The van der Waals surface area contributed by atoms with Gasteiger partial charge in [-0.15, -0.1) is 0 Å². The van der Waals surface area contributed by atoms with E-state index in [1.54, 1.807) is 32.1 Å². The third kappa shape index (κ3) is 6.23. The Balaban J connectivity index is 1.75. The highest BCUT2D eigenvalue weighted by molar-refractivity contribution is 6.02. The van der Waals surface area contributed by atoms with Crippen molar-refractivity contribution in [1.82, 2.24) is 20.6 Å². The molecule has 43 heavy (non-hydrogen) atoms. The minimum Gasteiger partial charge on any atom is -0.481 e. The smallest absolute Gasteiger partial charge is 0.303 e. The van der Waals surface area contributed by atoms with Crippen LogP contribution in [0.1, 0.15) is 78.1 Å². The summed E-state index contributed by atoms with van der Waals surface area (Å²) in [4.78, 5) is 54.3. The van der Waals surface area contributed by atoms with E-state index in [4.69, 9.17) is 0 Å². The van der Waals surface area contributed by atoms with Crippen molar-refractivity contribution in [3.63, 3.8) is 0 Å². The number of carboxylic acids is 2. The average Bonchev–Trinajstić information content (AvgIpc) is 3.59. The van der Waals surface area contributed by atoms with Crippen LogP contribution in [0.2, 0.25) is 0 Å². The van der Waals surface area contributed by atoms with E-state index in [-0.39, 0.29) is 37.5 Å². The number of rotatable bonds is 12. The lowest BCUT2D eigenvalue weighted by Gasteiger charge is -2.06. The summed E-state index contributed by atoms with van der Waals surface area (Å²) in [5, 5.41) is 24.3. The minimum atomic E-state index is -0.962. The molecule has 10 heteroatoms. The molecular formula is C33H36N4O6. The summed E-state index contributed by atoms with van der Waals surface area (Å²) in [7, 11) is 0. The molecule has 6 N–H and O–H groups in total. The Hall–Kier alpha value is -5.12. The summed E-state index contributed by atoms with van der Waals surface area (Å²) in [6.07, 6.45) is 7.77. The average molecular weight is 585 g/mol. The highest BCUT2D eigenvalue weighted by Gasteiger charge is 2.26. The Morgan fingerprint density at radius 2 is 1.33 bits per heavy atom. The number of aromatic amines is 2. The van der Waals surface area contributed by atoms with Gasteiger partial charge in [0, 0.05) is 64.5 Å². The predicted octanol–water partition coefficient (Wildman–Crippen LogP) is 4.84. The zero-order valence-corrected chi connectivity index (χ0v) is 24.8. The normalized spacial score (nSPS) is 16.8. The molecule has 224 valence electrons. The van der Waals surface area contributed by atoms with Crippen LogP contribution < -0.4 is 10.6 Å². The maximum absolute atomic E-state index is 12.5. The van der Waals surface area contributed by atoms with Gasteiger partial charge in [0.2, 0.25) is 0 Å². The molecule has 0 aromatic carbocycles. The number of aliphatic carboxylic acids is 2. The van der Waals surface area contributed by atoms with Gasteiger partial charge in [-0.2, -0.15) is 0 Å². The van der Waals surface area contributed by atoms with Gasteiger partial charge in [0.25, 0.3) is 11.8 Å². The maximum Gasteiger partial charge on any atom is 0.303 e. The zero-order chi connectivity index (χ0) is 31.6.